The third-order valence-corrected chi connectivity index (χ3v) is 3.97. The highest BCUT2D eigenvalue weighted by Crippen LogP contribution is 2.44. The lowest BCUT2D eigenvalue weighted by Gasteiger charge is -2.28. The lowest BCUT2D eigenvalue weighted by Crippen LogP contribution is -2.32. The van der Waals surface area contributed by atoms with Gasteiger partial charge >= 0.3 is 0 Å². The Bertz CT molecular complexity index is 545. The Labute approximate surface area is 113 Å². The first-order valence-corrected chi connectivity index (χ1v) is 6.82. The van der Waals surface area contributed by atoms with Gasteiger partial charge in [-0.1, -0.05) is 38.1 Å². The number of aromatic nitrogens is 3. The van der Waals surface area contributed by atoms with E-state index in [1.165, 1.54) is 11.1 Å². The van der Waals surface area contributed by atoms with Gasteiger partial charge in [0, 0.05) is 19.0 Å². The Morgan fingerprint density at radius 2 is 2.21 bits per heavy atom. The van der Waals surface area contributed by atoms with E-state index >= 15 is 0 Å². The van der Waals surface area contributed by atoms with Crippen molar-refractivity contribution in [2.45, 2.75) is 32.7 Å². The predicted octanol–water partition coefficient (Wildman–Crippen LogP) is 2.26. The Morgan fingerprint density at radius 3 is 3.00 bits per heavy atom. The van der Waals surface area contributed by atoms with Gasteiger partial charge in [-0.2, -0.15) is 5.10 Å². The van der Waals surface area contributed by atoms with E-state index in [1.54, 1.807) is 6.33 Å². The predicted molar refractivity (Wildman–Crippen MR) is 74.8 cm³/mol. The highest BCUT2D eigenvalue weighted by atomic mass is 15.2. The zero-order valence-corrected chi connectivity index (χ0v) is 11.5. The smallest absolute Gasteiger partial charge is 0.137 e. The number of rotatable bonds is 4. The van der Waals surface area contributed by atoms with Crippen molar-refractivity contribution in [2.24, 2.45) is 5.41 Å². The minimum atomic E-state index is 0.269. The third-order valence-electron chi connectivity index (χ3n) is 3.97. The fourth-order valence-corrected chi connectivity index (χ4v) is 3.06. The molecular formula is C15H20N4. The lowest BCUT2D eigenvalue weighted by atomic mass is 9.85. The van der Waals surface area contributed by atoms with Crippen molar-refractivity contribution in [3.05, 3.63) is 47.5 Å². The Hall–Kier alpha value is -1.68. The SMILES string of the molecule is CC1(C)Cc2ccccc2C1NCCc1ncn[nH]1. The van der Waals surface area contributed by atoms with Crippen LogP contribution in [0.15, 0.2) is 30.6 Å². The van der Waals surface area contributed by atoms with Crippen molar-refractivity contribution in [1.82, 2.24) is 20.5 Å². The molecule has 0 saturated carbocycles. The molecule has 0 aliphatic heterocycles. The van der Waals surface area contributed by atoms with Crippen LogP contribution in [0.3, 0.4) is 0 Å². The van der Waals surface area contributed by atoms with Gasteiger partial charge < -0.3 is 5.32 Å². The quantitative estimate of drug-likeness (QED) is 0.882. The molecule has 100 valence electrons. The molecule has 19 heavy (non-hydrogen) atoms. The van der Waals surface area contributed by atoms with Crippen molar-refractivity contribution in [2.75, 3.05) is 6.54 Å². The highest BCUT2D eigenvalue weighted by molar-refractivity contribution is 5.37. The van der Waals surface area contributed by atoms with Gasteiger partial charge in [-0.3, -0.25) is 5.10 Å². The van der Waals surface area contributed by atoms with Crippen LogP contribution in [0.5, 0.6) is 0 Å². The monoisotopic (exact) mass is 256 g/mol. The van der Waals surface area contributed by atoms with Crippen molar-refractivity contribution < 1.29 is 0 Å². The normalized spacial score (nSPS) is 20.4. The van der Waals surface area contributed by atoms with Crippen LogP contribution in [0.25, 0.3) is 0 Å². The fourth-order valence-electron chi connectivity index (χ4n) is 3.06. The second-order valence-electron chi connectivity index (χ2n) is 5.93. The molecule has 1 atom stereocenters. The second kappa shape index (κ2) is 4.78. The topological polar surface area (TPSA) is 53.6 Å². The van der Waals surface area contributed by atoms with E-state index in [-0.39, 0.29) is 5.41 Å². The summed E-state index contributed by atoms with van der Waals surface area (Å²) in [6, 6.07) is 9.18. The number of hydrogen-bond acceptors (Lipinski definition) is 3. The summed E-state index contributed by atoms with van der Waals surface area (Å²) >= 11 is 0. The molecular weight excluding hydrogens is 236 g/mol. The van der Waals surface area contributed by atoms with Gasteiger partial charge in [0.1, 0.15) is 12.2 Å². The molecule has 4 nitrogen and oxygen atoms in total. The van der Waals surface area contributed by atoms with Crippen molar-refractivity contribution in [3.8, 4) is 0 Å². The van der Waals surface area contributed by atoms with E-state index in [2.05, 4.69) is 58.6 Å². The van der Waals surface area contributed by atoms with Gasteiger partial charge in [-0.05, 0) is 23.0 Å². The van der Waals surface area contributed by atoms with E-state index in [1.807, 2.05) is 0 Å². The summed E-state index contributed by atoms with van der Waals surface area (Å²) in [5, 5.41) is 10.5. The molecule has 0 spiro atoms. The third kappa shape index (κ3) is 2.40. The zero-order valence-electron chi connectivity index (χ0n) is 11.5. The largest absolute Gasteiger partial charge is 0.309 e. The summed E-state index contributed by atoms with van der Waals surface area (Å²) in [5.41, 5.74) is 3.19. The van der Waals surface area contributed by atoms with Crippen LogP contribution < -0.4 is 5.32 Å². The minimum Gasteiger partial charge on any atom is -0.309 e. The van der Waals surface area contributed by atoms with Crippen LogP contribution >= 0.6 is 0 Å². The van der Waals surface area contributed by atoms with Gasteiger partial charge in [0.15, 0.2) is 0 Å². The molecule has 3 rings (SSSR count). The molecule has 0 saturated heterocycles. The number of nitrogens with zero attached hydrogens (tertiary/aromatic N) is 2. The van der Waals surface area contributed by atoms with Crippen LogP contribution in [-0.2, 0) is 12.8 Å². The molecule has 0 fully saturated rings. The Morgan fingerprint density at radius 1 is 1.37 bits per heavy atom. The number of H-pyrrole nitrogens is 1. The summed E-state index contributed by atoms with van der Waals surface area (Å²) in [7, 11) is 0. The molecule has 1 aromatic heterocycles. The van der Waals surface area contributed by atoms with Gasteiger partial charge in [-0.25, -0.2) is 4.98 Å². The maximum atomic E-state index is 4.15. The summed E-state index contributed by atoms with van der Waals surface area (Å²) in [5.74, 6) is 0.941. The molecule has 2 aromatic rings. The number of aromatic amines is 1. The average molecular weight is 256 g/mol. The fraction of sp³-hybridized carbons (Fsp3) is 0.467. The molecule has 2 N–H and O–H groups in total. The van der Waals surface area contributed by atoms with Crippen LogP contribution in [-0.4, -0.2) is 21.7 Å². The Balaban J connectivity index is 1.69. The second-order valence-corrected chi connectivity index (χ2v) is 5.93. The summed E-state index contributed by atoms with van der Waals surface area (Å²) < 4.78 is 0. The zero-order chi connectivity index (χ0) is 13.3. The first-order valence-electron chi connectivity index (χ1n) is 6.82. The average Bonchev–Trinajstić information content (AvgIpc) is 2.96. The van der Waals surface area contributed by atoms with Gasteiger partial charge in [0.05, 0.1) is 0 Å². The van der Waals surface area contributed by atoms with E-state index in [9.17, 15) is 0 Å². The van der Waals surface area contributed by atoms with Gasteiger partial charge in [0.25, 0.3) is 0 Å². The maximum absolute atomic E-state index is 4.15. The molecule has 1 aliphatic carbocycles. The number of nitrogens with one attached hydrogen (secondary N) is 2. The minimum absolute atomic E-state index is 0.269. The molecule has 0 radical (unpaired) electrons. The molecule has 1 unspecified atom stereocenters. The molecule has 0 bridgehead atoms. The number of hydrogen-bond donors (Lipinski definition) is 2. The number of benzene rings is 1. The van der Waals surface area contributed by atoms with Crippen LogP contribution in [0, 0.1) is 5.41 Å². The molecule has 4 heteroatoms. The first-order chi connectivity index (χ1) is 9.17. The standard InChI is InChI=1S/C15H20N4/c1-15(2)9-11-5-3-4-6-12(11)14(15)16-8-7-13-17-10-18-19-13/h3-6,10,14,16H,7-9H2,1-2H3,(H,17,18,19). The first kappa shape index (κ1) is 12.4. The van der Waals surface area contributed by atoms with E-state index in [0.29, 0.717) is 6.04 Å². The van der Waals surface area contributed by atoms with E-state index in [4.69, 9.17) is 0 Å². The lowest BCUT2D eigenvalue weighted by molar-refractivity contribution is 0.270. The van der Waals surface area contributed by atoms with Gasteiger partial charge in [-0.15, -0.1) is 0 Å². The van der Waals surface area contributed by atoms with E-state index in [0.717, 1.165) is 25.2 Å². The van der Waals surface area contributed by atoms with E-state index < -0.39 is 0 Å². The molecule has 1 aliphatic rings. The maximum Gasteiger partial charge on any atom is 0.137 e. The van der Waals surface area contributed by atoms with Crippen LogP contribution in [0.2, 0.25) is 0 Å². The molecule has 1 heterocycles. The summed E-state index contributed by atoms with van der Waals surface area (Å²) in [6.07, 6.45) is 3.59. The summed E-state index contributed by atoms with van der Waals surface area (Å²) in [4.78, 5) is 4.15. The van der Waals surface area contributed by atoms with Crippen molar-refractivity contribution in [3.63, 3.8) is 0 Å². The highest BCUT2D eigenvalue weighted by Gasteiger charge is 2.38. The van der Waals surface area contributed by atoms with Crippen molar-refractivity contribution in [1.29, 1.82) is 0 Å². The number of fused-ring (bicyclic) bond motifs is 1. The summed E-state index contributed by atoms with van der Waals surface area (Å²) in [6.45, 7) is 5.58. The van der Waals surface area contributed by atoms with Crippen molar-refractivity contribution >= 4 is 0 Å². The molecule has 1 aromatic carbocycles. The van der Waals surface area contributed by atoms with Crippen LogP contribution in [0.4, 0.5) is 0 Å². The Kier molecular flexibility index (Phi) is 3.11. The van der Waals surface area contributed by atoms with Gasteiger partial charge in [0.2, 0.25) is 0 Å². The molecule has 0 amide bonds. The van der Waals surface area contributed by atoms with Crippen LogP contribution in [0.1, 0.15) is 36.8 Å².